The van der Waals surface area contributed by atoms with E-state index < -0.39 is 0 Å². The van der Waals surface area contributed by atoms with Crippen LogP contribution in [0.5, 0.6) is 0 Å². The van der Waals surface area contributed by atoms with Crippen LogP contribution in [0.2, 0.25) is 0 Å². The lowest BCUT2D eigenvalue weighted by atomic mass is 10.1. The van der Waals surface area contributed by atoms with Crippen LogP contribution in [0.1, 0.15) is 13.8 Å². The molecule has 0 atom stereocenters. The summed E-state index contributed by atoms with van der Waals surface area (Å²) in [4.78, 5) is 2.33. The lowest BCUT2D eigenvalue weighted by Gasteiger charge is -2.25. The third-order valence-corrected chi connectivity index (χ3v) is 1.53. The van der Waals surface area contributed by atoms with E-state index in [1.54, 1.807) is 0 Å². The van der Waals surface area contributed by atoms with E-state index in [9.17, 15) is 0 Å². The minimum absolute atomic E-state index is 0.0496. The van der Waals surface area contributed by atoms with Crippen molar-refractivity contribution >= 4 is 0 Å². The van der Waals surface area contributed by atoms with Gasteiger partial charge in [0.2, 0.25) is 0 Å². The van der Waals surface area contributed by atoms with Crippen LogP contribution in [0.4, 0.5) is 0 Å². The fourth-order valence-corrected chi connectivity index (χ4v) is 1.23. The molecule has 0 aromatic rings. The molecule has 1 heterocycles. The quantitative estimate of drug-likeness (QED) is 0.569. The molecule has 58 valence electrons. The van der Waals surface area contributed by atoms with E-state index in [-0.39, 0.29) is 5.54 Å². The third-order valence-electron chi connectivity index (χ3n) is 1.53. The summed E-state index contributed by atoms with van der Waals surface area (Å²) in [6, 6.07) is 0. The zero-order chi connectivity index (χ0) is 7.61. The predicted molar refractivity (Wildman–Crippen MR) is 43.8 cm³/mol. The molecule has 1 aliphatic heterocycles. The Balaban J connectivity index is 2.26. The normalized spacial score (nSPS) is 20.3. The molecule has 0 aromatic heterocycles. The second-order valence-corrected chi connectivity index (χ2v) is 3.65. The smallest absolute Gasteiger partial charge is 0.0226 e. The second-order valence-electron chi connectivity index (χ2n) is 3.65. The highest BCUT2D eigenvalue weighted by molar-refractivity contribution is 4.97. The number of rotatable bonds is 2. The molecule has 0 aromatic carbocycles. The Morgan fingerprint density at radius 1 is 1.40 bits per heavy atom. The molecule has 2 heteroatoms. The van der Waals surface area contributed by atoms with Crippen LogP contribution in [-0.4, -0.2) is 30.1 Å². The largest absolute Gasteiger partial charge is 0.324 e. The van der Waals surface area contributed by atoms with Crippen molar-refractivity contribution in [2.75, 3.05) is 19.6 Å². The van der Waals surface area contributed by atoms with Crippen LogP contribution in [0.15, 0.2) is 12.2 Å². The first-order valence-corrected chi connectivity index (χ1v) is 3.74. The van der Waals surface area contributed by atoms with Crippen LogP contribution in [0, 0.1) is 0 Å². The van der Waals surface area contributed by atoms with Gasteiger partial charge in [0.25, 0.3) is 0 Å². The molecule has 0 saturated heterocycles. The van der Waals surface area contributed by atoms with Gasteiger partial charge in [0.15, 0.2) is 0 Å². The van der Waals surface area contributed by atoms with Gasteiger partial charge in [-0.15, -0.1) is 0 Å². The number of nitrogens with zero attached hydrogens (tertiary/aromatic N) is 1. The Morgan fingerprint density at radius 2 is 1.90 bits per heavy atom. The Morgan fingerprint density at radius 3 is 2.30 bits per heavy atom. The van der Waals surface area contributed by atoms with Gasteiger partial charge in [0.05, 0.1) is 0 Å². The van der Waals surface area contributed by atoms with Crippen LogP contribution >= 0.6 is 0 Å². The average molecular weight is 140 g/mol. The van der Waals surface area contributed by atoms with E-state index in [2.05, 4.69) is 30.9 Å². The number of hydrogen-bond acceptors (Lipinski definition) is 2. The zero-order valence-electron chi connectivity index (χ0n) is 6.80. The first kappa shape index (κ1) is 7.76. The first-order chi connectivity index (χ1) is 4.58. The van der Waals surface area contributed by atoms with Gasteiger partial charge in [0, 0.05) is 25.2 Å². The third kappa shape index (κ3) is 2.50. The topological polar surface area (TPSA) is 29.3 Å². The van der Waals surface area contributed by atoms with Crippen LogP contribution in [0.25, 0.3) is 0 Å². The van der Waals surface area contributed by atoms with Gasteiger partial charge in [-0.05, 0) is 13.8 Å². The maximum atomic E-state index is 5.85. The van der Waals surface area contributed by atoms with E-state index in [0.29, 0.717) is 0 Å². The molecule has 0 bridgehead atoms. The van der Waals surface area contributed by atoms with E-state index in [1.807, 2.05) is 0 Å². The Labute approximate surface area is 62.7 Å². The molecule has 0 amide bonds. The Hall–Kier alpha value is -0.340. The summed E-state index contributed by atoms with van der Waals surface area (Å²) in [6.45, 7) is 7.25. The molecule has 10 heavy (non-hydrogen) atoms. The van der Waals surface area contributed by atoms with Crippen molar-refractivity contribution < 1.29 is 0 Å². The molecule has 0 aliphatic carbocycles. The molecule has 1 aliphatic rings. The molecule has 0 fully saturated rings. The van der Waals surface area contributed by atoms with Gasteiger partial charge in [-0.3, -0.25) is 4.90 Å². The molecular formula is C8H16N2. The van der Waals surface area contributed by atoms with Crippen molar-refractivity contribution in [1.29, 1.82) is 0 Å². The van der Waals surface area contributed by atoms with Gasteiger partial charge < -0.3 is 5.73 Å². The zero-order valence-corrected chi connectivity index (χ0v) is 6.80. The first-order valence-electron chi connectivity index (χ1n) is 3.74. The highest BCUT2D eigenvalue weighted by atomic mass is 15.1. The minimum Gasteiger partial charge on any atom is -0.324 e. The average Bonchev–Trinajstić information content (AvgIpc) is 2.12. The van der Waals surface area contributed by atoms with Crippen molar-refractivity contribution in [2.24, 2.45) is 5.73 Å². The highest BCUT2D eigenvalue weighted by Gasteiger charge is 2.16. The van der Waals surface area contributed by atoms with Crippen molar-refractivity contribution in [3.8, 4) is 0 Å². The maximum Gasteiger partial charge on any atom is 0.0226 e. The molecule has 2 nitrogen and oxygen atoms in total. The number of nitrogens with two attached hydrogens (primary N) is 1. The van der Waals surface area contributed by atoms with Crippen molar-refractivity contribution in [3.05, 3.63) is 12.2 Å². The SMILES string of the molecule is CC(C)(N)CN1CC=CC1. The Kier molecular flexibility index (Phi) is 2.11. The number of hydrogen-bond donors (Lipinski definition) is 1. The van der Waals surface area contributed by atoms with Gasteiger partial charge in [0.1, 0.15) is 0 Å². The summed E-state index contributed by atoms with van der Waals surface area (Å²) >= 11 is 0. The monoisotopic (exact) mass is 140 g/mol. The van der Waals surface area contributed by atoms with Gasteiger partial charge >= 0.3 is 0 Å². The van der Waals surface area contributed by atoms with E-state index >= 15 is 0 Å². The fraction of sp³-hybridized carbons (Fsp3) is 0.750. The van der Waals surface area contributed by atoms with Crippen LogP contribution in [-0.2, 0) is 0 Å². The van der Waals surface area contributed by atoms with Gasteiger partial charge in [-0.2, -0.15) is 0 Å². The second kappa shape index (κ2) is 2.72. The fourth-order valence-electron chi connectivity index (χ4n) is 1.23. The lowest BCUT2D eigenvalue weighted by Crippen LogP contribution is -2.44. The minimum atomic E-state index is -0.0496. The lowest BCUT2D eigenvalue weighted by molar-refractivity contribution is 0.281. The summed E-state index contributed by atoms with van der Waals surface area (Å²) < 4.78 is 0. The summed E-state index contributed by atoms with van der Waals surface area (Å²) in [5.74, 6) is 0. The van der Waals surface area contributed by atoms with Crippen LogP contribution in [0.3, 0.4) is 0 Å². The van der Waals surface area contributed by atoms with Crippen molar-refractivity contribution in [1.82, 2.24) is 4.90 Å². The standard InChI is InChI=1S/C8H16N2/c1-8(2,9)7-10-5-3-4-6-10/h3-4H,5-7,9H2,1-2H3. The molecule has 0 radical (unpaired) electrons. The maximum absolute atomic E-state index is 5.85. The molecule has 1 rings (SSSR count). The molecule has 2 N–H and O–H groups in total. The van der Waals surface area contributed by atoms with E-state index in [1.165, 1.54) is 0 Å². The van der Waals surface area contributed by atoms with Gasteiger partial charge in [-0.25, -0.2) is 0 Å². The highest BCUT2D eigenvalue weighted by Crippen LogP contribution is 2.05. The molecular weight excluding hydrogens is 124 g/mol. The summed E-state index contributed by atoms with van der Waals surface area (Å²) in [7, 11) is 0. The van der Waals surface area contributed by atoms with Gasteiger partial charge in [-0.1, -0.05) is 12.2 Å². The molecule has 0 saturated carbocycles. The summed E-state index contributed by atoms with van der Waals surface area (Å²) in [6.07, 6.45) is 4.37. The van der Waals surface area contributed by atoms with Crippen LogP contribution < -0.4 is 5.73 Å². The molecule has 0 spiro atoms. The molecule has 0 unspecified atom stereocenters. The van der Waals surface area contributed by atoms with Crippen molar-refractivity contribution in [2.45, 2.75) is 19.4 Å². The van der Waals surface area contributed by atoms with E-state index in [0.717, 1.165) is 19.6 Å². The summed E-state index contributed by atoms with van der Waals surface area (Å²) in [5.41, 5.74) is 5.80. The Bertz CT molecular complexity index is 125. The van der Waals surface area contributed by atoms with Crippen molar-refractivity contribution in [3.63, 3.8) is 0 Å². The summed E-state index contributed by atoms with van der Waals surface area (Å²) in [5, 5.41) is 0. The van der Waals surface area contributed by atoms with E-state index in [4.69, 9.17) is 5.73 Å². The predicted octanol–water partition coefficient (Wildman–Crippen LogP) is 0.595.